The predicted octanol–water partition coefficient (Wildman–Crippen LogP) is 3.72. The largest absolute Gasteiger partial charge is 0.496 e. The van der Waals surface area contributed by atoms with Crippen LogP contribution in [0.2, 0.25) is 0 Å². The summed E-state index contributed by atoms with van der Waals surface area (Å²) in [6.45, 7) is 6.18. The Morgan fingerprint density at radius 1 is 1.32 bits per heavy atom. The Balaban J connectivity index is 2.17. The Morgan fingerprint density at radius 2 is 1.95 bits per heavy atom. The summed E-state index contributed by atoms with van der Waals surface area (Å²) < 4.78 is 5.98. The number of benzene rings is 1. The highest BCUT2D eigenvalue weighted by molar-refractivity contribution is 9.10. The van der Waals surface area contributed by atoms with Crippen molar-refractivity contribution >= 4 is 21.8 Å². The van der Waals surface area contributed by atoms with E-state index in [9.17, 15) is 4.79 Å². The maximum atomic E-state index is 12.5. The number of carbonyl (C=O) groups is 1. The van der Waals surface area contributed by atoms with Crippen molar-refractivity contribution in [2.75, 3.05) is 20.2 Å². The molecule has 3 nitrogen and oxygen atoms in total. The topological polar surface area (TPSA) is 29.5 Å². The van der Waals surface area contributed by atoms with E-state index in [1.807, 2.05) is 23.1 Å². The lowest BCUT2D eigenvalue weighted by molar-refractivity contribution is 0.0629. The minimum atomic E-state index is 0.0845. The molecule has 0 bridgehead atoms. The Hall–Kier alpha value is -1.03. The summed E-state index contributed by atoms with van der Waals surface area (Å²) in [5, 5.41) is 0. The molecular weight excluding hydrogens is 306 g/mol. The first-order chi connectivity index (χ1) is 8.94. The summed E-state index contributed by atoms with van der Waals surface area (Å²) in [5.74, 6) is 0.782. The standard InChI is InChI=1S/C15H20BrNO2/c1-15(2)7-9-17(10-8-15)14(18)11-5-4-6-12(19-3)13(11)16/h4-6H,7-10H2,1-3H3. The van der Waals surface area contributed by atoms with E-state index in [1.165, 1.54) is 0 Å². The number of methoxy groups -OCH3 is 1. The van der Waals surface area contributed by atoms with Gasteiger partial charge in [-0.25, -0.2) is 0 Å². The maximum absolute atomic E-state index is 12.5. The lowest BCUT2D eigenvalue weighted by Crippen LogP contribution is -2.41. The molecule has 1 aromatic carbocycles. The van der Waals surface area contributed by atoms with Crippen molar-refractivity contribution in [3.8, 4) is 5.75 Å². The van der Waals surface area contributed by atoms with Crippen LogP contribution in [0.1, 0.15) is 37.0 Å². The van der Waals surface area contributed by atoms with Gasteiger partial charge in [-0.3, -0.25) is 4.79 Å². The van der Waals surface area contributed by atoms with Crippen LogP contribution >= 0.6 is 15.9 Å². The van der Waals surface area contributed by atoms with Crippen LogP contribution in [-0.2, 0) is 0 Å². The fraction of sp³-hybridized carbons (Fsp3) is 0.533. The highest BCUT2D eigenvalue weighted by Gasteiger charge is 2.29. The molecule has 0 saturated carbocycles. The number of carbonyl (C=O) groups excluding carboxylic acids is 1. The van der Waals surface area contributed by atoms with E-state index in [0.717, 1.165) is 30.4 Å². The first-order valence-electron chi connectivity index (χ1n) is 6.56. The number of hydrogen-bond acceptors (Lipinski definition) is 2. The molecule has 0 aliphatic carbocycles. The summed E-state index contributed by atoms with van der Waals surface area (Å²) in [5.41, 5.74) is 1.03. The van der Waals surface area contributed by atoms with Crippen LogP contribution in [-0.4, -0.2) is 31.0 Å². The van der Waals surface area contributed by atoms with Gasteiger partial charge in [0, 0.05) is 13.1 Å². The molecule has 1 heterocycles. The summed E-state index contributed by atoms with van der Waals surface area (Å²) in [7, 11) is 1.61. The predicted molar refractivity (Wildman–Crippen MR) is 79.6 cm³/mol. The molecule has 0 atom stereocenters. The van der Waals surface area contributed by atoms with Gasteiger partial charge in [0.15, 0.2) is 0 Å². The molecule has 1 aliphatic heterocycles. The van der Waals surface area contributed by atoms with Crippen LogP contribution < -0.4 is 4.74 Å². The number of piperidine rings is 1. The van der Waals surface area contributed by atoms with Crippen molar-refractivity contribution in [1.82, 2.24) is 4.90 Å². The summed E-state index contributed by atoms with van der Waals surface area (Å²) in [4.78, 5) is 14.5. The van der Waals surface area contributed by atoms with Gasteiger partial charge in [0.25, 0.3) is 5.91 Å². The summed E-state index contributed by atoms with van der Waals surface area (Å²) in [6.07, 6.45) is 2.11. The molecule has 0 N–H and O–H groups in total. The zero-order valence-corrected chi connectivity index (χ0v) is 13.3. The fourth-order valence-corrected chi connectivity index (χ4v) is 2.91. The van der Waals surface area contributed by atoms with Gasteiger partial charge in [0.2, 0.25) is 0 Å². The van der Waals surface area contributed by atoms with Crippen LogP contribution in [0.5, 0.6) is 5.75 Å². The molecule has 2 rings (SSSR count). The van der Waals surface area contributed by atoms with Crippen LogP contribution in [0.3, 0.4) is 0 Å². The van der Waals surface area contributed by atoms with E-state index in [0.29, 0.717) is 16.7 Å². The molecular formula is C15H20BrNO2. The Morgan fingerprint density at radius 3 is 2.53 bits per heavy atom. The second kappa shape index (κ2) is 5.53. The average molecular weight is 326 g/mol. The monoisotopic (exact) mass is 325 g/mol. The number of amides is 1. The Labute approximate surface area is 123 Å². The third kappa shape index (κ3) is 3.11. The molecule has 1 aliphatic rings. The highest BCUT2D eigenvalue weighted by Crippen LogP contribution is 2.33. The number of ether oxygens (including phenoxy) is 1. The van der Waals surface area contributed by atoms with E-state index in [-0.39, 0.29) is 5.91 Å². The van der Waals surface area contributed by atoms with Crippen molar-refractivity contribution in [3.05, 3.63) is 28.2 Å². The van der Waals surface area contributed by atoms with Crippen molar-refractivity contribution in [3.63, 3.8) is 0 Å². The quantitative estimate of drug-likeness (QED) is 0.829. The molecule has 0 aromatic heterocycles. The summed E-state index contributed by atoms with van der Waals surface area (Å²) in [6, 6.07) is 5.54. The van der Waals surface area contributed by atoms with Crippen LogP contribution in [0, 0.1) is 5.41 Å². The number of likely N-dealkylation sites (tertiary alicyclic amines) is 1. The average Bonchev–Trinajstić information content (AvgIpc) is 2.38. The second-order valence-corrected chi connectivity index (χ2v) is 6.57. The summed E-state index contributed by atoms with van der Waals surface area (Å²) >= 11 is 3.46. The van der Waals surface area contributed by atoms with Crippen molar-refractivity contribution in [2.24, 2.45) is 5.41 Å². The zero-order valence-electron chi connectivity index (χ0n) is 11.7. The van der Waals surface area contributed by atoms with E-state index in [1.54, 1.807) is 7.11 Å². The Bertz CT molecular complexity index is 475. The van der Waals surface area contributed by atoms with Gasteiger partial charge in [0.1, 0.15) is 5.75 Å². The van der Waals surface area contributed by atoms with E-state index >= 15 is 0 Å². The first-order valence-corrected chi connectivity index (χ1v) is 7.36. The van der Waals surface area contributed by atoms with Gasteiger partial charge in [-0.1, -0.05) is 19.9 Å². The lowest BCUT2D eigenvalue weighted by Gasteiger charge is -2.37. The van der Waals surface area contributed by atoms with Crippen molar-refractivity contribution in [1.29, 1.82) is 0 Å². The van der Waals surface area contributed by atoms with E-state index in [4.69, 9.17) is 4.74 Å². The van der Waals surface area contributed by atoms with E-state index < -0.39 is 0 Å². The van der Waals surface area contributed by atoms with Gasteiger partial charge in [-0.15, -0.1) is 0 Å². The molecule has 0 unspecified atom stereocenters. The van der Waals surface area contributed by atoms with Gasteiger partial charge >= 0.3 is 0 Å². The van der Waals surface area contributed by atoms with Gasteiger partial charge in [-0.05, 0) is 46.3 Å². The lowest BCUT2D eigenvalue weighted by atomic mass is 9.82. The van der Waals surface area contributed by atoms with Crippen LogP contribution in [0.25, 0.3) is 0 Å². The SMILES string of the molecule is COc1cccc(C(=O)N2CCC(C)(C)CC2)c1Br. The first kappa shape index (κ1) is 14.4. The molecule has 0 radical (unpaired) electrons. The molecule has 0 spiro atoms. The van der Waals surface area contributed by atoms with Crippen LogP contribution in [0.15, 0.2) is 22.7 Å². The molecule has 4 heteroatoms. The minimum Gasteiger partial charge on any atom is -0.496 e. The number of halogens is 1. The van der Waals surface area contributed by atoms with Crippen molar-refractivity contribution in [2.45, 2.75) is 26.7 Å². The smallest absolute Gasteiger partial charge is 0.255 e. The van der Waals surface area contributed by atoms with Gasteiger partial charge in [-0.2, -0.15) is 0 Å². The normalized spacial score (nSPS) is 18.2. The minimum absolute atomic E-state index is 0.0845. The molecule has 19 heavy (non-hydrogen) atoms. The number of rotatable bonds is 2. The molecule has 1 amide bonds. The second-order valence-electron chi connectivity index (χ2n) is 5.78. The number of hydrogen-bond donors (Lipinski definition) is 0. The van der Waals surface area contributed by atoms with E-state index in [2.05, 4.69) is 29.8 Å². The van der Waals surface area contributed by atoms with Gasteiger partial charge < -0.3 is 9.64 Å². The third-order valence-corrected chi connectivity index (χ3v) is 4.64. The molecule has 1 fully saturated rings. The van der Waals surface area contributed by atoms with Crippen molar-refractivity contribution < 1.29 is 9.53 Å². The highest BCUT2D eigenvalue weighted by atomic mass is 79.9. The van der Waals surface area contributed by atoms with Gasteiger partial charge in [0.05, 0.1) is 17.1 Å². The third-order valence-electron chi connectivity index (χ3n) is 3.82. The zero-order chi connectivity index (χ0) is 14.0. The number of nitrogens with zero attached hydrogens (tertiary/aromatic N) is 1. The maximum Gasteiger partial charge on any atom is 0.255 e. The molecule has 1 saturated heterocycles. The molecule has 1 aromatic rings. The Kier molecular flexibility index (Phi) is 4.19. The van der Waals surface area contributed by atoms with Crippen LogP contribution in [0.4, 0.5) is 0 Å². The fourth-order valence-electron chi connectivity index (χ4n) is 2.32. The molecule has 104 valence electrons.